The maximum Gasteiger partial charge on any atom is 0.290 e. The molecule has 3 heterocycles. The lowest BCUT2D eigenvalue weighted by atomic mass is 10.2. The molecule has 0 spiro atoms. The summed E-state index contributed by atoms with van der Waals surface area (Å²) in [4.78, 5) is 18.8. The number of ether oxygens (including phenoxy) is 1. The second kappa shape index (κ2) is 6.94. The molecule has 1 saturated heterocycles. The number of aromatic nitrogens is 1. The highest BCUT2D eigenvalue weighted by atomic mass is 16.5. The number of benzene rings is 1. The van der Waals surface area contributed by atoms with Crippen molar-refractivity contribution in [2.75, 3.05) is 26.2 Å². The third-order valence-corrected chi connectivity index (χ3v) is 4.32. The number of hydrogen-bond acceptors (Lipinski definition) is 5. The van der Waals surface area contributed by atoms with Gasteiger partial charge in [0.2, 0.25) is 0 Å². The summed E-state index contributed by atoms with van der Waals surface area (Å²) in [6.45, 7) is 2.48. The topological polar surface area (TPSA) is 67.6 Å². The largest absolute Gasteiger partial charge is 0.490 e. The first-order valence-electron chi connectivity index (χ1n) is 8.34. The Bertz CT molecular complexity index is 829. The van der Waals surface area contributed by atoms with Crippen LogP contribution in [0.1, 0.15) is 10.6 Å². The third-order valence-electron chi connectivity index (χ3n) is 4.32. The minimum atomic E-state index is -0.0995. The predicted molar refractivity (Wildman–Crippen MR) is 93.6 cm³/mol. The number of amides is 1. The van der Waals surface area contributed by atoms with Crippen LogP contribution in [0.15, 0.2) is 59.3 Å². The lowest BCUT2D eigenvalue weighted by Crippen LogP contribution is -2.55. The van der Waals surface area contributed by atoms with Crippen molar-refractivity contribution >= 4 is 16.9 Å². The van der Waals surface area contributed by atoms with E-state index in [0.717, 1.165) is 17.5 Å². The molecular formula is C19H19N3O3. The molecule has 1 fully saturated rings. The molecular weight excluding hydrogens is 318 g/mol. The second-order valence-corrected chi connectivity index (χ2v) is 6.00. The van der Waals surface area contributed by atoms with Gasteiger partial charge in [-0.25, -0.2) is 0 Å². The van der Waals surface area contributed by atoms with Crippen LogP contribution in [0, 0.1) is 0 Å². The highest BCUT2D eigenvalue weighted by molar-refractivity contribution is 5.96. The summed E-state index contributed by atoms with van der Waals surface area (Å²) in [6, 6.07) is 13.1. The molecule has 0 aliphatic carbocycles. The highest BCUT2D eigenvalue weighted by Gasteiger charge is 2.29. The van der Waals surface area contributed by atoms with Crippen molar-refractivity contribution in [2.45, 2.75) is 6.04 Å². The average Bonchev–Trinajstić information content (AvgIpc) is 3.11. The highest BCUT2D eigenvalue weighted by Crippen LogP contribution is 2.21. The van der Waals surface area contributed by atoms with E-state index in [1.54, 1.807) is 18.5 Å². The zero-order chi connectivity index (χ0) is 17.1. The number of nitrogens with zero attached hydrogens (tertiary/aromatic N) is 2. The third kappa shape index (κ3) is 3.34. The molecule has 25 heavy (non-hydrogen) atoms. The number of piperazine rings is 1. The smallest absolute Gasteiger partial charge is 0.290 e. The normalized spacial score (nSPS) is 17.6. The zero-order valence-electron chi connectivity index (χ0n) is 13.7. The van der Waals surface area contributed by atoms with E-state index in [1.165, 1.54) is 0 Å². The van der Waals surface area contributed by atoms with E-state index in [-0.39, 0.29) is 11.9 Å². The molecule has 0 bridgehead atoms. The Morgan fingerprint density at radius 3 is 3.08 bits per heavy atom. The van der Waals surface area contributed by atoms with Crippen LogP contribution in [0.4, 0.5) is 0 Å². The van der Waals surface area contributed by atoms with Gasteiger partial charge in [-0.05, 0) is 24.3 Å². The van der Waals surface area contributed by atoms with Crippen molar-refractivity contribution in [1.82, 2.24) is 15.2 Å². The number of rotatable bonds is 4. The van der Waals surface area contributed by atoms with Crippen LogP contribution in [0.5, 0.6) is 5.75 Å². The van der Waals surface area contributed by atoms with E-state index in [0.29, 0.717) is 31.2 Å². The van der Waals surface area contributed by atoms with Gasteiger partial charge in [0.15, 0.2) is 5.76 Å². The second-order valence-electron chi connectivity index (χ2n) is 6.00. The lowest BCUT2D eigenvalue weighted by molar-refractivity contribution is 0.0530. The van der Waals surface area contributed by atoms with Crippen LogP contribution in [-0.2, 0) is 0 Å². The fourth-order valence-corrected chi connectivity index (χ4v) is 3.03. The minimum Gasteiger partial charge on any atom is -0.490 e. The predicted octanol–water partition coefficient (Wildman–Crippen LogP) is 2.32. The van der Waals surface area contributed by atoms with Crippen LogP contribution in [0.25, 0.3) is 11.0 Å². The van der Waals surface area contributed by atoms with Crippen molar-refractivity contribution in [2.24, 2.45) is 0 Å². The Labute approximate surface area is 145 Å². The van der Waals surface area contributed by atoms with Crippen molar-refractivity contribution in [3.05, 3.63) is 60.6 Å². The van der Waals surface area contributed by atoms with Gasteiger partial charge in [0.05, 0.1) is 12.2 Å². The monoisotopic (exact) mass is 337 g/mol. The van der Waals surface area contributed by atoms with Crippen LogP contribution >= 0.6 is 0 Å². The Balaban J connectivity index is 1.50. The van der Waals surface area contributed by atoms with Gasteiger partial charge < -0.3 is 19.4 Å². The SMILES string of the molecule is O=C(c1cc2ccccc2o1)N1CCNCC1COc1cccnc1. The molecule has 3 aromatic rings. The van der Waals surface area contributed by atoms with E-state index in [1.807, 2.05) is 41.3 Å². The molecule has 1 N–H and O–H groups in total. The van der Waals surface area contributed by atoms with Crippen LogP contribution in [-0.4, -0.2) is 48.1 Å². The van der Waals surface area contributed by atoms with Crippen molar-refractivity contribution in [3.63, 3.8) is 0 Å². The zero-order valence-corrected chi connectivity index (χ0v) is 13.7. The van der Waals surface area contributed by atoms with Crippen molar-refractivity contribution in [1.29, 1.82) is 0 Å². The number of para-hydroxylation sites is 1. The molecule has 1 amide bonds. The molecule has 1 unspecified atom stereocenters. The van der Waals surface area contributed by atoms with Crippen LogP contribution < -0.4 is 10.1 Å². The minimum absolute atomic E-state index is 0.0605. The first kappa shape index (κ1) is 15.7. The number of hydrogen-bond donors (Lipinski definition) is 1. The van der Waals surface area contributed by atoms with Crippen molar-refractivity contribution in [3.8, 4) is 5.75 Å². The summed E-state index contributed by atoms with van der Waals surface area (Å²) in [7, 11) is 0. The quantitative estimate of drug-likeness (QED) is 0.791. The first-order valence-corrected chi connectivity index (χ1v) is 8.34. The maximum atomic E-state index is 12.9. The molecule has 6 heteroatoms. The molecule has 0 radical (unpaired) electrons. The number of furan rings is 1. The van der Waals surface area contributed by atoms with E-state index in [2.05, 4.69) is 10.3 Å². The molecule has 0 saturated carbocycles. The summed E-state index contributed by atoms with van der Waals surface area (Å²) >= 11 is 0. The summed E-state index contributed by atoms with van der Waals surface area (Å²) < 4.78 is 11.5. The fraction of sp³-hybridized carbons (Fsp3) is 0.263. The maximum absolute atomic E-state index is 12.9. The molecule has 4 rings (SSSR count). The lowest BCUT2D eigenvalue weighted by Gasteiger charge is -2.35. The van der Waals surface area contributed by atoms with Gasteiger partial charge in [-0.1, -0.05) is 18.2 Å². The van der Waals surface area contributed by atoms with Crippen LogP contribution in [0.3, 0.4) is 0 Å². The number of carbonyl (C=O) groups is 1. The molecule has 1 aromatic carbocycles. The van der Waals surface area contributed by atoms with E-state index < -0.39 is 0 Å². The standard InChI is InChI=1S/C19H19N3O3/c23-19(18-10-14-4-1-2-6-17(14)25-18)22-9-8-21-11-15(22)13-24-16-5-3-7-20-12-16/h1-7,10,12,15,21H,8-9,11,13H2. The molecule has 128 valence electrons. The van der Waals surface area contributed by atoms with E-state index in [4.69, 9.17) is 9.15 Å². The van der Waals surface area contributed by atoms with Gasteiger partial charge in [0, 0.05) is 31.2 Å². The Kier molecular flexibility index (Phi) is 4.35. The molecule has 1 atom stereocenters. The summed E-state index contributed by atoms with van der Waals surface area (Å²) in [5, 5.41) is 4.25. The molecule has 1 aliphatic heterocycles. The number of fused-ring (bicyclic) bond motifs is 1. The van der Waals surface area contributed by atoms with Gasteiger partial charge >= 0.3 is 0 Å². The van der Waals surface area contributed by atoms with Crippen molar-refractivity contribution < 1.29 is 13.9 Å². The Morgan fingerprint density at radius 1 is 1.32 bits per heavy atom. The van der Waals surface area contributed by atoms with Gasteiger partial charge in [-0.15, -0.1) is 0 Å². The van der Waals surface area contributed by atoms with Gasteiger partial charge in [-0.3, -0.25) is 9.78 Å². The number of nitrogens with one attached hydrogen (secondary N) is 1. The van der Waals surface area contributed by atoms with Gasteiger partial charge in [0.25, 0.3) is 5.91 Å². The summed E-state index contributed by atoms with van der Waals surface area (Å²) in [5.41, 5.74) is 0.726. The Hall–Kier alpha value is -2.86. The van der Waals surface area contributed by atoms with Gasteiger partial charge in [-0.2, -0.15) is 0 Å². The first-order chi connectivity index (χ1) is 12.3. The number of carbonyl (C=O) groups excluding carboxylic acids is 1. The summed E-state index contributed by atoms with van der Waals surface area (Å²) in [5.74, 6) is 0.969. The molecule has 6 nitrogen and oxygen atoms in total. The van der Waals surface area contributed by atoms with Crippen LogP contribution in [0.2, 0.25) is 0 Å². The van der Waals surface area contributed by atoms with Gasteiger partial charge in [0.1, 0.15) is 17.9 Å². The average molecular weight is 337 g/mol. The number of pyridine rings is 1. The fourth-order valence-electron chi connectivity index (χ4n) is 3.03. The molecule has 1 aliphatic rings. The molecule has 2 aromatic heterocycles. The van der Waals surface area contributed by atoms with E-state index >= 15 is 0 Å². The van der Waals surface area contributed by atoms with E-state index in [9.17, 15) is 4.79 Å². The summed E-state index contributed by atoms with van der Waals surface area (Å²) in [6.07, 6.45) is 3.37. The Morgan fingerprint density at radius 2 is 2.24 bits per heavy atom.